The van der Waals surface area contributed by atoms with Gasteiger partial charge >= 0.3 is 0 Å². The van der Waals surface area contributed by atoms with Crippen molar-refractivity contribution in [2.45, 2.75) is 32.6 Å². The van der Waals surface area contributed by atoms with E-state index in [9.17, 15) is 0 Å². The van der Waals surface area contributed by atoms with E-state index in [4.69, 9.17) is 0 Å². The molecule has 12 heavy (non-hydrogen) atoms. The summed E-state index contributed by atoms with van der Waals surface area (Å²) in [5, 5.41) is 0. The molecule has 0 aliphatic rings. The molecule has 0 fully saturated rings. The maximum Gasteiger partial charge on any atom is 0.0950 e. The van der Waals surface area contributed by atoms with E-state index >= 15 is 0 Å². The predicted octanol–water partition coefficient (Wildman–Crippen LogP) is 2.72. The first-order chi connectivity index (χ1) is 5.75. The highest BCUT2D eigenvalue weighted by molar-refractivity contribution is 7.98. The van der Waals surface area contributed by atoms with Crippen LogP contribution >= 0.6 is 11.8 Å². The fourth-order valence-electron chi connectivity index (χ4n) is 1.12. The number of rotatable bonds is 4. The van der Waals surface area contributed by atoms with E-state index < -0.39 is 0 Å². The molecule has 1 aromatic heterocycles. The molecule has 0 saturated carbocycles. The quantitative estimate of drug-likeness (QED) is 0.716. The zero-order valence-corrected chi connectivity index (χ0v) is 8.77. The number of thioether (sulfide) groups is 1. The summed E-state index contributed by atoms with van der Waals surface area (Å²) >= 11 is 1.94. The fraction of sp³-hybridized carbons (Fsp3) is 0.667. The Labute approximate surface area is 78.4 Å². The highest BCUT2D eigenvalue weighted by atomic mass is 32.2. The third-order valence-electron chi connectivity index (χ3n) is 1.76. The van der Waals surface area contributed by atoms with Crippen molar-refractivity contribution in [3.8, 4) is 0 Å². The van der Waals surface area contributed by atoms with Crippen LogP contribution < -0.4 is 0 Å². The molecule has 3 heteroatoms. The molecule has 0 aromatic carbocycles. The Morgan fingerprint density at radius 1 is 1.58 bits per heavy atom. The second-order valence-electron chi connectivity index (χ2n) is 3.02. The van der Waals surface area contributed by atoms with Gasteiger partial charge in [-0.1, -0.05) is 6.92 Å². The van der Waals surface area contributed by atoms with Crippen LogP contribution in [0.3, 0.4) is 0 Å². The molecule has 1 heterocycles. The Kier molecular flexibility index (Phi) is 3.66. The van der Waals surface area contributed by atoms with Crippen molar-refractivity contribution in [1.29, 1.82) is 0 Å². The van der Waals surface area contributed by atoms with Gasteiger partial charge in [0.15, 0.2) is 0 Å². The van der Waals surface area contributed by atoms with Crippen LogP contribution in [0.1, 0.15) is 32.5 Å². The van der Waals surface area contributed by atoms with Gasteiger partial charge in [0.1, 0.15) is 0 Å². The van der Waals surface area contributed by atoms with Crippen LogP contribution in [-0.2, 0) is 5.75 Å². The summed E-state index contributed by atoms with van der Waals surface area (Å²) in [6.07, 6.45) is 3.87. The van der Waals surface area contributed by atoms with E-state index in [1.165, 1.54) is 11.4 Å². The Bertz CT molecular complexity index is 230. The monoisotopic (exact) mass is 184 g/mol. The largest absolute Gasteiger partial charge is 0.331 e. The fourth-order valence-corrected chi connectivity index (χ4v) is 1.75. The standard InChI is InChI=1S/C9H16N2S/c1-4-12-6-9-5-10-7-11(9)8(2)3/h5,7-8H,4,6H2,1-3H3. The van der Waals surface area contributed by atoms with E-state index in [1.807, 2.05) is 24.3 Å². The maximum absolute atomic E-state index is 4.15. The van der Waals surface area contributed by atoms with Gasteiger partial charge in [-0.2, -0.15) is 11.8 Å². The lowest BCUT2D eigenvalue weighted by atomic mass is 10.4. The lowest BCUT2D eigenvalue weighted by Gasteiger charge is -2.10. The second kappa shape index (κ2) is 4.55. The molecule has 0 aliphatic carbocycles. The van der Waals surface area contributed by atoms with E-state index in [0.29, 0.717) is 6.04 Å². The Hall–Kier alpha value is -0.440. The summed E-state index contributed by atoms with van der Waals surface area (Å²) < 4.78 is 2.22. The minimum atomic E-state index is 0.528. The summed E-state index contributed by atoms with van der Waals surface area (Å²) in [7, 11) is 0. The highest BCUT2D eigenvalue weighted by Crippen LogP contribution is 2.15. The van der Waals surface area contributed by atoms with Crippen molar-refractivity contribution in [3.05, 3.63) is 18.2 Å². The van der Waals surface area contributed by atoms with E-state index in [-0.39, 0.29) is 0 Å². The van der Waals surface area contributed by atoms with Gasteiger partial charge in [0.25, 0.3) is 0 Å². The Morgan fingerprint density at radius 2 is 2.33 bits per heavy atom. The van der Waals surface area contributed by atoms with Gasteiger partial charge in [-0.25, -0.2) is 4.98 Å². The Balaban J connectivity index is 2.64. The highest BCUT2D eigenvalue weighted by Gasteiger charge is 2.03. The number of nitrogens with zero attached hydrogens (tertiary/aromatic N) is 2. The maximum atomic E-state index is 4.15. The SMILES string of the molecule is CCSCc1cncn1C(C)C. The van der Waals surface area contributed by atoms with Crippen molar-refractivity contribution >= 4 is 11.8 Å². The van der Waals surface area contributed by atoms with Crippen LogP contribution in [0.4, 0.5) is 0 Å². The minimum Gasteiger partial charge on any atom is -0.331 e. The summed E-state index contributed by atoms with van der Waals surface area (Å²) in [6, 6.07) is 0.528. The number of hydrogen-bond donors (Lipinski definition) is 0. The second-order valence-corrected chi connectivity index (χ2v) is 4.30. The van der Waals surface area contributed by atoms with Crippen molar-refractivity contribution in [2.75, 3.05) is 5.75 Å². The molecular formula is C9H16N2S. The molecule has 0 spiro atoms. The van der Waals surface area contributed by atoms with Gasteiger partial charge in [0.2, 0.25) is 0 Å². The van der Waals surface area contributed by atoms with Crippen LogP contribution in [0.15, 0.2) is 12.5 Å². The van der Waals surface area contributed by atoms with Crippen molar-refractivity contribution < 1.29 is 0 Å². The first-order valence-electron chi connectivity index (χ1n) is 4.34. The molecule has 0 radical (unpaired) electrons. The molecule has 68 valence electrons. The van der Waals surface area contributed by atoms with Crippen LogP contribution in [0, 0.1) is 0 Å². The molecule has 1 rings (SSSR count). The van der Waals surface area contributed by atoms with Crippen LogP contribution in [0.5, 0.6) is 0 Å². The van der Waals surface area contributed by atoms with Crippen LogP contribution in [0.25, 0.3) is 0 Å². The lowest BCUT2D eigenvalue weighted by molar-refractivity contribution is 0.584. The molecule has 0 unspecified atom stereocenters. The first kappa shape index (κ1) is 9.65. The molecule has 1 aromatic rings. The first-order valence-corrected chi connectivity index (χ1v) is 5.49. The average Bonchev–Trinajstić information content (AvgIpc) is 2.48. The van der Waals surface area contributed by atoms with Gasteiger partial charge in [-0.05, 0) is 19.6 Å². The van der Waals surface area contributed by atoms with Crippen LogP contribution in [0.2, 0.25) is 0 Å². The predicted molar refractivity (Wildman–Crippen MR) is 54.4 cm³/mol. The van der Waals surface area contributed by atoms with Gasteiger partial charge in [-0.15, -0.1) is 0 Å². The van der Waals surface area contributed by atoms with Gasteiger partial charge in [0.05, 0.1) is 6.33 Å². The Morgan fingerprint density at radius 3 is 2.92 bits per heavy atom. The number of hydrogen-bond acceptors (Lipinski definition) is 2. The molecular weight excluding hydrogens is 168 g/mol. The van der Waals surface area contributed by atoms with Crippen molar-refractivity contribution in [3.63, 3.8) is 0 Å². The molecule has 0 bridgehead atoms. The zero-order valence-electron chi connectivity index (χ0n) is 7.95. The normalized spacial score (nSPS) is 11.0. The average molecular weight is 184 g/mol. The van der Waals surface area contributed by atoms with E-state index in [2.05, 4.69) is 30.3 Å². The molecule has 0 saturated heterocycles. The summed E-state index contributed by atoms with van der Waals surface area (Å²) in [5.41, 5.74) is 1.33. The minimum absolute atomic E-state index is 0.528. The molecule has 0 aliphatic heterocycles. The lowest BCUT2D eigenvalue weighted by Crippen LogP contribution is -2.02. The topological polar surface area (TPSA) is 17.8 Å². The summed E-state index contributed by atoms with van der Waals surface area (Å²) in [4.78, 5) is 4.15. The summed E-state index contributed by atoms with van der Waals surface area (Å²) in [6.45, 7) is 6.55. The van der Waals surface area contributed by atoms with E-state index in [1.54, 1.807) is 0 Å². The zero-order chi connectivity index (χ0) is 8.97. The molecule has 2 nitrogen and oxygen atoms in total. The third kappa shape index (κ3) is 2.27. The molecule has 0 amide bonds. The van der Waals surface area contributed by atoms with Crippen molar-refractivity contribution in [1.82, 2.24) is 9.55 Å². The number of aromatic nitrogens is 2. The van der Waals surface area contributed by atoms with Gasteiger partial charge < -0.3 is 4.57 Å². The smallest absolute Gasteiger partial charge is 0.0950 e. The third-order valence-corrected chi connectivity index (χ3v) is 2.66. The van der Waals surface area contributed by atoms with Crippen LogP contribution in [-0.4, -0.2) is 15.3 Å². The van der Waals surface area contributed by atoms with E-state index in [0.717, 1.165) is 5.75 Å². The van der Waals surface area contributed by atoms with Gasteiger partial charge in [0, 0.05) is 23.7 Å². The van der Waals surface area contributed by atoms with Crippen molar-refractivity contribution in [2.24, 2.45) is 0 Å². The van der Waals surface area contributed by atoms with Gasteiger partial charge in [-0.3, -0.25) is 0 Å². The summed E-state index contributed by atoms with van der Waals surface area (Å²) in [5.74, 6) is 2.25. The molecule has 0 atom stereocenters. The molecule has 0 N–H and O–H groups in total. The number of imidazole rings is 1.